The number of benzene rings is 1. The SMILES string of the molecule is CNCc1cc(F)cc(N(C)CCO)c1. The molecule has 3 nitrogen and oxygen atoms in total. The molecule has 84 valence electrons. The van der Waals surface area contributed by atoms with Gasteiger partial charge in [-0.25, -0.2) is 4.39 Å². The zero-order chi connectivity index (χ0) is 11.3. The van der Waals surface area contributed by atoms with E-state index in [2.05, 4.69) is 5.32 Å². The van der Waals surface area contributed by atoms with Gasteiger partial charge < -0.3 is 15.3 Å². The molecule has 15 heavy (non-hydrogen) atoms. The third-order valence-electron chi connectivity index (χ3n) is 2.20. The number of aliphatic hydroxyl groups is 1. The maximum Gasteiger partial charge on any atom is 0.125 e. The highest BCUT2D eigenvalue weighted by Crippen LogP contribution is 2.17. The quantitative estimate of drug-likeness (QED) is 0.763. The molecule has 0 aliphatic heterocycles. The zero-order valence-electron chi connectivity index (χ0n) is 9.13. The smallest absolute Gasteiger partial charge is 0.125 e. The van der Waals surface area contributed by atoms with Crippen LogP contribution in [0.2, 0.25) is 0 Å². The normalized spacial score (nSPS) is 10.4. The molecular formula is C11H17FN2O. The van der Waals surface area contributed by atoms with E-state index >= 15 is 0 Å². The minimum atomic E-state index is -0.248. The average molecular weight is 212 g/mol. The van der Waals surface area contributed by atoms with E-state index in [1.807, 2.05) is 25.1 Å². The second-order valence-electron chi connectivity index (χ2n) is 3.49. The monoisotopic (exact) mass is 212 g/mol. The van der Waals surface area contributed by atoms with Gasteiger partial charge in [-0.3, -0.25) is 0 Å². The fraction of sp³-hybridized carbons (Fsp3) is 0.455. The van der Waals surface area contributed by atoms with Crippen LogP contribution in [0.25, 0.3) is 0 Å². The summed E-state index contributed by atoms with van der Waals surface area (Å²) in [5, 5.41) is 11.8. The largest absolute Gasteiger partial charge is 0.395 e. The summed E-state index contributed by atoms with van der Waals surface area (Å²) >= 11 is 0. The Labute approximate surface area is 89.5 Å². The van der Waals surface area contributed by atoms with Gasteiger partial charge in [-0.05, 0) is 30.8 Å². The lowest BCUT2D eigenvalue weighted by atomic mass is 10.2. The van der Waals surface area contributed by atoms with Crippen molar-refractivity contribution in [3.63, 3.8) is 0 Å². The number of hydrogen-bond acceptors (Lipinski definition) is 3. The van der Waals surface area contributed by atoms with E-state index in [1.165, 1.54) is 12.1 Å². The van der Waals surface area contributed by atoms with Crippen molar-refractivity contribution in [2.24, 2.45) is 0 Å². The van der Waals surface area contributed by atoms with E-state index in [0.29, 0.717) is 13.1 Å². The number of likely N-dealkylation sites (N-methyl/N-ethyl adjacent to an activating group) is 1. The molecule has 1 aromatic rings. The maximum atomic E-state index is 13.2. The topological polar surface area (TPSA) is 35.5 Å². The van der Waals surface area contributed by atoms with Crippen LogP contribution >= 0.6 is 0 Å². The van der Waals surface area contributed by atoms with Gasteiger partial charge in [0.05, 0.1) is 6.61 Å². The number of anilines is 1. The Morgan fingerprint density at radius 1 is 1.40 bits per heavy atom. The Bertz CT molecular complexity index is 317. The van der Waals surface area contributed by atoms with Crippen LogP contribution in [0.15, 0.2) is 18.2 Å². The molecule has 0 amide bonds. The first-order valence-electron chi connectivity index (χ1n) is 4.93. The van der Waals surface area contributed by atoms with Crippen molar-refractivity contribution in [2.75, 3.05) is 32.1 Å². The molecule has 4 heteroatoms. The molecule has 0 radical (unpaired) electrons. The van der Waals surface area contributed by atoms with Crippen LogP contribution in [0.3, 0.4) is 0 Å². The number of nitrogens with zero attached hydrogens (tertiary/aromatic N) is 1. The van der Waals surface area contributed by atoms with Gasteiger partial charge in [-0.15, -0.1) is 0 Å². The van der Waals surface area contributed by atoms with Crippen LogP contribution in [-0.4, -0.2) is 32.4 Å². The number of aliphatic hydroxyl groups excluding tert-OH is 1. The third-order valence-corrected chi connectivity index (χ3v) is 2.20. The number of hydrogen-bond donors (Lipinski definition) is 2. The summed E-state index contributed by atoms with van der Waals surface area (Å²) in [4.78, 5) is 1.82. The number of rotatable bonds is 5. The standard InChI is InChI=1S/C11H17FN2O/c1-13-8-9-5-10(12)7-11(6-9)14(2)3-4-15/h5-7,13,15H,3-4,8H2,1-2H3. The van der Waals surface area contributed by atoms with Crippen molar-refractivity contribution in [1.82, 2.24) is 5.32 Å². The van der Waals surface area contributed by atoms with Crippen molar-refractivity contribution < 1.29 is 9.50 Å². The van der Waals surface area contributed by atoms with Crippen LogP contribution in [0.1, 0.15) is 5.56 Å². The lowest BCUT2D eigenvalue weighted by molar-refractivity contribution is 0.304. The molecule has 0 saturated carbocycles. The first kappa shape index (κ1) is 11.9. The molecule has 0 heterocycles. The summed E-state index contributed by atoms with van der Waals surface area (Å²) in [6.45, 7) is 1.20. The molecule has 0 aromatic heterocycles. The molecule has 0 bridgehead atoms. The van der Waals surface area contributed by atoms with Crippen LogP contribution in [0.4, 0.5) is 10.1 Å². The average Bonchev–Trinajstić information content (AvgIpc) is 2.17. The number of halogens is 1. The van der Waals surface area contributed by atoms with Gasteiger partial charge >= 0.3 is 0 Å². The van der Waals surface area contributed by atoms with Crippen LogP contribution < -0.4 is 10.2 Å². The number of nitrogens with one attached hydrogen (secondary N) is 1. The Morgan fingerprint density at radius 2 is 2.13 bits per heavy atom. The minimum Gasteiger partial charge on any atom is -0.395 e. The molecule has 0 saturated heterocycles. The Hall–Kier alpha value is -1.13. The van der Waals surface area contributed by atoms with Gasteiger partial charge in [-0.2, -0.15) is 0 Å². The Morgan fingerprint density at radius 3 is 2.73 bits per heavy atom. The summed E-state index contributed by atoms with van der Waals surface area (Å²) in [5.41, 5.74) is 1.69. The van der Waals surface area contributed by atoms with Gasteiger partial charge in [0.1, 0.15) is 5.82 Å². The molecule has 0 spiro atoms. The van der Waals surface area contributed by atoms with Crippen LogP contribution in [0, 0.1) is 5.82 Å². The minimum absolute atomic E-state index is 0.0639. The molecule has 1 rings (SSSR count). The molecule has 0 aliphatic rings. The molecule has 0 fully saturated rings. The molecule has 0 aliphatic carbocycles. The van der Waals surface area contributed by atoms with E-state index in [1.54, 1.807) is 0 Å². The third kappa shape index (κ3) is 3.49. The fourth-order valence-corrected chi connectivity index (χ4v) is 1.44. The second-order valence-corrected chi connectivity index (χ2v) is 3.49. The molecule has 2 N–H and O–H groups in total. The molecule has 0 unspecified atom stereocenters. The predicted octanol–water partition coefficient (Wildman–Crippen LogP) is 0.974. The summed E-state index contributed by atoms with van der Waals surface area (Å²) in [6.07, 6.45) is 0. The highest BCUT2D eigenvalue weighted by molar-refractivity contribution is 5.48. The van der Waals surface area contributed by atoms with E-state index in [0.717, 1.165) is 11.3 Å². The van der Waals surface area contributed by atoms with Gasteiger partial charge in [0.2, 0.25) is 0 Å². The van der Waals surface area contributed by atoms with E-state index < -0.39 is 0 Å². The predicted molar refractivity (Wildman–Crippen MR) is 59.5 cm³/mol. The van der Waals surface area contributed by atoms with Gasteiger partial charge in [0, 0.05) is 25.8 Å². The van der Waals surface area contributed by atoms with Crippen molar-refractivity contribution >= 4 is 5.69 Å². The summed E-state index contributed by atoms with van der Waals surface area (Å²) in [5.74, 6) is -0.248. The van der Waals surface area contributed by atoms with Crippen LogP contribution in [0.5, 0.6) is 0 Å². The van der Waals surface area contributed by atoms with Crippen LogP contribution in [-0.2, 0) is 6.54 Å². The molecular weight excluding hydrogens is 195 g/mol. The van der Waals surface area contributed by atoms with Crippen molar-refractivity contribution in [3.05, 3.63) is 29.6 Å². The maximum absolute atomic E-state index is 13.2. The first-order valence-corrected chi connectivity index (χ1v) is 4.93. The van der Waals surface area contributed by atoms with Crippen molar-refractivity contribution in [1.29, 1.82) is 0 Å². The van der Waals surface area contributed by atoms with Gasteiger partial charge in [-0.1, -0.05) is 0 Å². The summed E-state index contributed by atoms with van der Waals surface area (Å²) < 4.78 is 13.2. The van der Waals surface area contributed by atoms with Gasteiger partial charge in [0.25, 0.3) is 0 Å². The second kappa shape index (κ2) is 5.68. The lowest BCUT2D eigenvalue weighted by Crippen LogP contribution is -2.21. The van der Waals surface area contributed by atoms with E-state index in [-0.39, 0.29) is 12.4 Å². The summed E-state index contributed by atoms with van der Waals surface area (Å²) in [7, 11) is 3.65. The Kier molecular flexibility index (Phi) is 4.52. The highest BCUT2D eigenvalue weighted by Gasteiger charge is 2.04. The van der Waals surface area contributed by atoms with Gasteiger partial charge in [0.15, 0.2) is 0 Å². The van der Waals surface area contributed by atoms with E-state index in [4.69, 9.17) is 5.11 Å². The lowest BCUT2D eigenvalue weighted by Gasteiger charge is -2.18. The highest BCUT2D eigenvalue weighted by atomic mass is 19.1. The fourth-order valence-electron chi connectivity index (χ4n) is 1.44. The van der Waals surface area contributed by atoms with Crippen molar-refractivity contribution in [3.8, 4) is 0 Å². The van der Waals surface area contributed by atoms with Crippen molar-refractivity contribution in [2.45, 2.75) is 6.54 Å². The van der Waals surface area contributed by atoms with E-state index in [9.17, 15) is 4.39 Å². The summed E-state index contributed by atoms with van der Waals surface area (Å²) in [6, 6.07) is 4.89. The molecule has 0 atom stereocenters. The first-order chi connectivity index (χ1) is 7.17. The molecule has 1 aromatic carbocycles. The Balaban J connectivity index is 2.87. The zero-order valence-corrected chi connectivity index (χ0v) is 9.13.